The molecule has 3 aliphatic rings. The number of rotatable bonds is 3. The molecule has 3 aliphatic heterocycles. The Bertz CT molecular complexity index is 556. The van der Waals surface area contributed by atoms with Crippen LogP contribution in [0.4, 0.5) is 10.1 Å². The molecule has 0 spiro atoms. The average Bonchev–Trinajstić information content (AvgIpc) is 3.19. The molecule has 1 aromatic carbocycles. The van der Waals surface area contributed by atoms with Gasteiger partial charge in [-0.25, -0.2) is 4.39 Å². The summed E-state index contributed by atoms with van der Waals surface area (Å²) in [6.07, 6.45) is 5.03. The van der Waals surface area contributed by atoms with Crippen LogP contribution in [0.3, 0.4) is 0 Å². The minimum atomic E-state index is -0.0449. The Morgan fingerprint density at radius 3 is 2.70 bits per heavy atom. The number of benzene rings is 1. The number of fused-ring (bicyclic) bond motifs is 1. The molecule has 0 amide bonds. The van der Waals surface area contributed by atoms with Gasteiger partial charge in [-0.05, 0) is 56.8 Å². The summed E-state index contributed by atoms with van der Waals surface area (Å²) in [4.78, 5) is 7.36. The largest absolute Gasteiger partial charge is 0.369 e. The molecule has 1 unspecified atom stereocenters. The number of hydrogen-bond donors (Lipinski definition) is 0. The summed E-state index contributed by atoms with van der Waals surface area (Å²) in [6.45, 7) is 8.75. The van der Waals surface area contributed by atoms with Gasteiger partial charge in [-0.1, -0.05) is 6.07 Å². The third kappa shape index (κ3) is 3.11. The molecule has 0 bridgehead atoms. The predicted molar refractivity (Wildman–Crippen MR) is 92.3 cm³/mol. The maximum Gasteiger partial charge on any atom is 0.146 e. The van der Waals surface area contributed by atoms with Crippen molar-refractivity contribution in [2.45, 2.75) is 51.2 Å². The Morgan fingerprint density at radius 1 is 1.09 bits per heavy atom. The third-order valence-electron chi connectivity index (χ3n) is 5.91. The second-order valence-electron chi connectivity index (χ2n) is 7.55. The molecule has 3 heterocycles. The van der Waals surface area contributed by atoms with Crippen LogP contribution < -0.4 is 4.90 Å². The van der Waals surface area contributed by atoms with E-state index in [1.165, 1.54) is 38.8 Å². The third-order valence-corrected chi connectivity index (χ3v) is 5.91. The fourth-order valence-electron chi connectivity index (χ4n) is 4.57. The number of anilines is 1. The van der Waals surface area contributed by atoms with Crippen molar-refractivity contribution >= 4 is 5.69 Å². The maximum atomic E-state index is 14.5. The Labute approximate surface area is 139 Å². The van der Waals surface area contributed by atoms with E-state index >= 15 is 0 Å². The zero-order chi connectivity index (χ0) is 15.8. The number of halogens is 1. The summed E-state index contributed by atoms with van der Waals surface area (Å²) in [5.74, 6) is -0.0449. The number of hydrogen-bond acceptors (Lipinski definition) is 3. The molecule has 0 aliphatic carbocycles. The van der Waals surface area contributed by atoms with Crippen LogP contribution in [0.15, 0.2) is 18.2 Å². The molecule has 4 heteroatoms. The molecule has 3 saturated heterocycles. The molecule has 23 heavy (non-hydrogen) atoms. The molecular formula is C19H28FN3. The van der Waals surface area contributed by atoms with Gasteiger partial charge < -0.3 is 4.90 Å². The quantitative estimate of drug-likeness (QED) is 0.848. The SMILES string of the molecule is C[C@@H]1CN2CCCC2CN1Cc1ccc(N2CCCC2)c(F)c1. The summed E-state index contributed by atoms with van der Waals surface area (Å²) >= 11 is 0. The zero-order valence-electron chi connectivity index (χ0n) is 14.2. The molecular weight excluding hydrogens is 289 g/mol. The van der Waals surface area contributed by atoms with Gasteiger partial charge in [0, 0.05) is 44.8 Å². The van der Waals surface area contributed by atoms with Gasteiger partial charge in [-0.3, -0.25) is 9.80 Å². The second-order valence-corrected chi connectivity index (χ2v) is 7.55. The van der Waals surface area contributed by atoms with Crippen molar-refractivity contribution in [3.63, 3.8) is 0 Å². The Kier molecular flexibility index (Phi) is 4.29. The van der Waals surface area contributed by atoms with Gasteiger partial charge in [0.15, 0.2) is 0 Å². The van der Waals surface area contributed by atoms with Crippen LogP contribution in [0.25, 0.3) is 0 Å². The van der Waals surface area contributed by atoms with E-state index < -0.39 is 0 Å². The lowest BCUT2D eigenvalue weighted by atomic mass is 10.1. The maximum absolute atomic E-state index is 14.5. The molecule has 2 atom stereocenters. The van der Waals surface area contributed by atoms with Gasteiger partial charge >= 0.3 is 0 Å². The second kappa shape index (κ2) is 6.40. The Morgan fingerprint density at radius 2 is 1.91 bits per heavy atom. The van der Waals surface area contributed by atoms with Crippen LogP contribution in [0.5, 0.6) is 0 Å². The fourth-order valence-corrected chi connectivity index (χ4v) is 4.57. The molecule has 4 rings (SSSR count). The molecule has 0 aromatic heterocycles. The first-order valence-electron chi connectivity index (χ1n) is 9.22. The average molecular weight is 317 g/mol. The lowest BCUT2D eigenvalue weighted by Gasteiger charge is -2.42. The van der Waals surface area contributed by atoms with Crippen molar-refractivity contribution in [3.8, 4) is 0 Å². The fraction of sp³-hybridized carbons (Fsp3) is 0.684. The van der Waals surface area contributed by atoms with Crippen LogP contribution >= 0.6 is 0 Å². The van der Waals surface area contributed by atoms with Crippen LogP contribution in [-0.2, 0) is 6.54 Å². The number of piperazine rings is 1. The van der Waals surface area contributed by atoms with Gasteiger partial charge in [0.05, 0.1) is 5.69 Å². The van der Waals surface area contributed by atoms with Gasteiger partial charge in [-0.15, -0.1) is 0 Å². The van der Waals surface area contributed by atoms with Crippen LogP contribution in [0.1, 0.15) is 38.2 Å². The molecule has 3 fully saturated rings. The highest BCUT2D eigenvalue weighted by Gasteiger charge is 2.34. The summed E-state index contributed by atoms with van der Waals surface area (Å²) in [5.41, 5.74) is 1.91. The van der Waals surface area contributed by atoms with Crippen LogP contribution in [0.2, 0.25) is 0 Å². The van der Waals surface area contributed by atoms with Crippen molar-refractivity contribution in [1.29, 1.82) is 0 Å². The van der Waals surface area contributed by atoms with E-state index in [1.54, 1.807) is 6.07 Å². The molecule has 0 saturated carbocycles. The van der Waals surface area contributed by atoms with E-state index in [1.807, 2.05) is 6.07 Å². The minimum Gasteiger partial charge on any atom is -0.369 e. The van der Waals surface area contributed by atoms with Gasteiger partial charge in [0.1, 0.15) is 5.82 Å². The van der Waals surface area contributed by atoms with E-state index in [2.05, 4.69) is 27.7 Å². The number of nitrogens with zero attached hydrogens (tertiary/aromatic N) is 3. The van der Waals surface area contributed by atoms with Gasteiger partial charge in [0.25, 0.3) is 0 Å². The zero-order valence-corrected chi connectivity index (χ0v) is 14.2. The smallest absolute Gasteiger partial charge is 0.146 e. The van der Waals surface area contributed by atoms with Gasteiger partial charge in [0.2, 0.25) is 0 Å². The van der Waals surface area contributed by atoms with Crippen molar-refractivity contribution < 1.29 is 4.39 Å². The van der Waals surface area contributed by atoms with E-state index in [0.29, 0.717) is 6.04 Å². The highest BCUT2D eigenvalue weighted by Crippen LogP contribution is 2.28. The Balaban J connectivity index is 1.45. The molecule has 0 radical (unpaired) electrons. The first kappa shape index (κ1) is 15.4. The first-order valence-corrected chi connectivity index (χ1v) is 9.22. The molecule has 3 nitrogen and oxygen atoms in total. The lowest BCUT2D eigenvalue weighted by Crippen LogP contribution is -2.54. The summed E-state index contributed by atoms with van der Waals surface area (Å²) in [6, 6.07) is 7.17. The predicted octanol–water partition coefficient (Wildman–Crippen LogP) is 3.09. The van der Waals surface area contributed by atoms with Crippen molar-refractivity contribution in [2.75, 3.05) is 37.6 Å². The molecule has 126 valence electrons. The molecule has 0 N–H and O–H groups in total. The summed E-state index contributed by atoms with van der Waals surface area (Å²) in [5, 5.41) is 0. The van der Waals surface area contributed by atoms with E-state index in [4.69, 9.17) is 0 Å². The van der Waals surface area contributed by atoms with E-state index in [0.717, 1.165) is 43.5 Å². The Hall–Kier alpha value is -1.13. The van der Waals surface area contributed by atoms with Gasteiger partial charge in [-0.2, -0.15) is 0 Å². The highest BCUT2D eigenvalue weighted by molar-refractivity contribution is 5.49. The summed E-state index contributed by atoms with van der Waals surface area (Å²) < 4.78 is 14.5. The van der Waals surface area contributed by atoms with Crippen molar-refractivity contribution in [3.05, 3.63) is 29.6 Å². The van der Waals surface area contributed by atoms with E-state index in [-0.39, 0.29) is 5.82 Å². The van der Waals surface area contributed by atoms with Crippen LogP contribution in [0, 0.1) is 5.82 Å². The topological polar surface area (TPSA) is 9.72 Å². The lowest BCUT2D eigenvalue weighted by molar-refractivity contribution is 0.0540. The van der Waals surface area contributed by atoms with Crippen LogP contribution in [-0.4, -0.2) is 54.6 Å². The van der Waals surface area contributed by atoms with Crippen molar-refractivity contribution in [2.24, 2.45) is 0 Å². The molecule has 1 aromatic rings. The normalized spacial score (nSPS) is 29.2. The monoisotopic (exact) mass is 317 g/mol. The standard InChI is InChI=1S/C19H28FN3/c1-15-12-22-10-4-5-17(22)14-23(15)13-16-6-7-19(18(20)11-16)21-8-2-3-9-21/h6-7,11,15,17H,2-5,8-10,12-14H2,1H3/t15-,17?/m1/s1. The highest BCUT2D eigenvalue weighted by atomic mass is 19.1. The minimum absolute atomic E-state index is 0.0449. The summed E-state index contributed by atoms with van der Waals surface area (Å²) in [7, 11) is 0. The van der Waals surface area contributed by atoms with Crippen molar-refractivity contribution in [1.82, 2.24) is 9.80 Å². The van der Waals surface area contributed by atoms with E-state index in [9.17, 15) is 4.39 Å². The first-order chi connectivity index (χ1) is 11.2.